The Hall–Kier alpha value is -1.98. The highest BCUT2D eigenvalue weighted by atomic mass is 32.1. The number of Topliss-reactive ketones (excluding diaryl/α,β-unsaturated/α-hetero) is 1. The topological polar surface area (TPSA) is 49.4 Å². The molecular formula is C20H26N2O2S. The molecule has 0 aliphatic heterocycles. The molecule has 0 aliphatic rings. The summed E-state index contributed by atoms with van der Waals surface area (Å²) in [4.78, 5) is 26.9. The SMILES string of the molecule is CCc1ccc(C(CNC(=O)CCC(=O)c2cccs2)N(C)C)cc1. The summed E-state index contributed by atoms with van der Waals surface area (Å²) >= 11 is 1.42. The zero-order valence-electron chi connectivity index (χ0n) is 15.1. The van der Waals surface area contributed by atoms with Gasteiger partial charge >= 0.3 is 0 Å². The second kappa shape index (κ2) is 9.49. The van der Waals surface area contributed by atoms with Crippen LogP contribution in [0.3, 0.4) is 0 Å². The maximum absolute atomic E-state index is 12.1. The Balaban J connectivity index is 1.85. The van der Waals surface area contributed by atoms with Gasteiger partial charge in [-0.3, -0.25) is 9.59 Å². The van der Waals surface area contributed by atoms with E-state index in [1.807, 2.05) is 25.5 Å². The predicted molar refractivity (Wildman–Crippen MR) is 103 cm³/mol. The Morgan fingerprint density at radius 3 is 2.40 bits per heavy atom. The maximum Gasteiger partial charge on any atom is 0.220 e. The Kier molecular flexibility index (Phi) is 7.34. The molecule has 0 bridgehead atoms. The average molecular weight is 359 g/mol. The fraction of sp³-hybridized carbons (Fsp3) is 0.400. The third kappa shape index (κ3) is 5.80. The highest BCUT2D eigenvalue weighted by Gasteiger charge is 2.16. The lowest BCUT2D eigenvalue weighted by Gasteiger charge is -2.25. The molecule has 0 saturated heterocycles. The van der Waals surface area contributed by atoms with Crippen molar-refractivity contribution in [1.29, 1.82) is 0 Å². The lowest BCUT2D eigenvalue weighted by molar-refractivity contribution is -0.121. The fourth-order valence-corrected chi connectivity index (χ4v) is 3.35. The second-order valence-electron chi connectivity index (χ2n) is 6.28. The van der Waals surface area contributed by atoms with E-state index in [1.165, 1.54) is 22.5 Å². The number of carbonyl (C=O) groups is 2. The molecule has 1 atom stereocenters. The minimum Gasteiger partial charge on any atom is -0.354 e. The highest BCUT2D eigenvalue weighted by Crippen LogP contribution is 2.18. The minimum atomic E-state index is -0.0815. The zero-order chi connectivity index (χ0) is 18.2. The van der Waals surface area contributed by atoms with E-state index in [9.17, 15) is 9.59 Å². The van der Waals surface area contributed by atoms with Gasteiger partial charge in [-0.05, 0) is 43.1 Å². The molecule has 0 saturated carbocycles. The van der Waals surface area contributed by atoms with Gasteiger partial charge in [0.05, 0.1) is 10.9 Å². The number of amides is 1. The van der Waals surface area contributed by atoms with Crippen molar-refractivity contribution in [2.75, 3.05) is 20.6 Å². The van der Waals surface area contributed by atoms with Crippen molar-refractivity contribution < 1.29 is 9.59 Å². The quantitative estimate of drug-likeness (QED) is 0.696. The summed E-state index contributed by atoms with van der Waals surface area (Å²) < 4.78 is 0. The van der Waals surface area contributed by atoms with Gasteiger partial charge in [-0.2, -0.15) is 0 Å². The Labute approximate surface area is 153 Å². The van der Waals surface area contributed by atoms with E-state index >= 15 is 0 Å². The normalized spacial score (nSPS) is 12.2. The number of nitrogens with zero attached hydrogens (tertiary/aromatic N) is 1. The van der Waals surface area contributed by atoms with Crippen molar-refractivity contribution in [1.82, 2.24) is 10.2 Å². The number of thiophene rings is 1. The van der Waals surface area contributed by atoms with Crippen LogP contribution in [0.1, 0.15) is 46.6 Å². The summed E-state index contributed by atoms with van der Waals surface area (Å²) in [5.74, 6) is -0.0496. The van der Waals surface area contributed by atoms with Crippen molar-refractivity contribution in [3.8, 4) is 0 Å². The van der Waals surface area contributed by atoms with E-state index in [0.29, 0.717) is 6.54 Å². The van der Waals surface area contributed by atoms with Gasteiger partial charge in [-0.1, -0.05) is 37.3 Å². The molecular weight excluding hydrogens is 332 g/mol. The van der Waals surface area contributed by atoms with E-state index < -0.39 is 0 Å². The number of likely N-dealkylation sites (N-methyl/N-ethyl adjacent to an activating group) is 1. The van der Waals surface area contributed by atoms with Gasteiger partial charge in [0.25, 0.3) is 0 Å². The number of carbonyl (C=O) groups excluding carboxylic acids is 2. The highest BCUT2D eigenvalue weighted by molar-refractivity contribution is 7.12. The van der Waals surface area contributed by atoms with Crippen LogP contribution in [-0.2, 0) is 11.2 Å². The molecule has 1 amide bonds. The molecule has 4 nitrogen and oxygen atoms in total. The Morgan fingerprint density at radius 1 is 1.12 bits per heavy atom. The van der Waals surface area contributed by atoms with Gasteiger partial charge in [0.15, 0.2) is 5.78 Å². The molecule has 5 heteroatoms. The van der Waals surface area contributed by atoms with Gasteiger partial charge in [-0.15, -0.1) is 11.3 Å². The predicted octanol–water partition coefficient (Wildman–Crippen LogP) is 3.69. The van der Waals surface area contributed by atoms with Crippen LogP contribution in [0.2, 0.25) is 0 Å². The molecule has 1 unspecified atom stereocenters. The van der Waals surface area contributed by atoms with Crippen LogP contribution in [0.15, 0.2) is 41.8 Å². The van der Waals surface area contributed by atoms with E-state index in [-0.39, 0.29) is 30.6 Å². The largest absolute Gasteiger partial charge is 0.354 e. The van der Waals surface area contributed by atoms with Crippen LogP contribution in [-0.4, -0.2) is 37.2 Å². The van der Waals surface area contributed by atoms with Crippen LogP contribution in [0.25, 0.3) is 0 Å². The van der Waals surface area contributed by atoms with E-state index in [0.717, 1.165) is 11.3 Å². The Bertz CT molecular complexity index is 678. The van der Waals surface area contributed by atoms with Crippen molar-refractivity contribution in [2.24, 2.45) is 0 Å². The molecule has 0 radical (unpaired) electrons. The van der Waals surface area contributed by atoms with Crippen molar-refractivity contribution in [2.45, 2.75) is 32.2 Å². The molecule has 2 rings (SSSR count). The van der Waals surface area contributed by atoms with Crippen LogP contribution < -0.4 is 5.32 Å². The zero-order valence-corrected chi connectivity index (χ0v) is 15.9. The molecule has 134 valence electrons. The summed E-state index contributed by atoms with van der Waals surface area (Å²) in [5, 5.41) is 4.84. The molecule has 1 aromatic heterocycles. The van der Waals surface area contributed by atoms with Crippen molar-refractivity contribution in [3.05, 3.63) is 57.8 Å². The molecule has 1 N–H and O–H groups in total. The number of benzene rings is 1. The first kappa shape index (κ1) is 19.3. The van der Waals surface area contributed by atoms with E-state index in [2.05, 4.69) is 41.4 Å². The standard InChI is InChI=1S/C20H26N2O2S/c1-4-15-7-9-16(10-8-15)17(22(2)3)14-21-20(24)12-11-18(23)19-6-5-13-25-19/h5-10,13,17H,4,11-12,14H2,1-3H3,(H,21,24). The van der Waals surface area contributed by atoms with Crippen LogP contribution >= 0.6 is 11.3 Å². The van der Waals surface area contributed by atoms with Crippen LogP contribution in [0.4, 0.5) is 0 Å². The van der Waals surface area contributed by atoms with Crippen LogP contribution in [0.5, 0.6) is 0 Å². The number of hydrogen-bond acceptors (Lipinski definition) is 4. The molecule has 25 heavy (non-hydrogen) atoms. The lowest BCUT2D eigenvalue weighted by Crippen LogP contribution is -2.34. The Morgan fingerprint density at radius 2 is 1.84 bits per heavy atom. The first-order valence-electron chi connectivity index (χ1n) is 8.60. The summed E-state index contributed by atoms with van der Waals surface area (Å²) in [6.45, 7) is 2.67. The first-order chi connectivity index (χ1) is 12.0. The number of aryl methyl sites for hydroxylation is 1. The van der Waals surface area contributed by atoms with Gasteiger partial charge in [0.2, 0.25) is 5.91 Å². The van der Waals surface area contributed by atoms with Gasteiger partial charge in [0.1, 0.15) is 0 Å². The molecule has 0 aliphatic carbocycles. The number of rotatable bonds is 9. The van der Waals surface area contributed by atoms with Crippen molar-refractivity contribution >= 4 is 23.0 Å². The fourth-order valence-electron chi connectivity index (χ4n) is 2.66. The number of hydrogen-bond donors (Lipinski definition) is 1. The average Bonchev–Trinajstić information content (AvgIpc) is 3.15. The molecule has 1 heterocycles. The summed E-state index contributed by atoms with van der Waals surface area (Å²) in [5.41, 5.74) is 2.48. The third-order valence-electron chi connectivity index (χ3n) is 4.26. The monoisotopic (exact) mass is 358 g/mol. The smallest absolute Gasteiger partial charge is 0.220 e. The third-order valence-corrected chi connectivity index (χ3v) is 5.17. The maximum atomic E-state index is 12.1. The summed E-state index contributed by atoms with van der Waals surface area (Å²) in [7, 11) is 4.01. The molecule has 0 fully saturated rings. The van der Waals surface area contributed by atoms with E-state index in [1.54, 1.807) is 6.07 Å². The van der Waals surface area contributed by atoms with Gasteiger partial charge in [-0.25, -0.2) is 0 Å². The minimum absolute atomic E-state index is 0.0319. The number of ketones is 1. The molecule has 2 aromatic rings. The molecule has 1 aromatic carbocycles. The van der Waals surface area contributed by atoms with Crippen molar-refractivity contribution in [3.63, 3.8) is 0 Å². The number of nitrogens with one attached hydrogen (secondary N) is 1. The molecule has 0 spiro atoms. The van der Waals surface area contributed by atoms with Gasteiger partial charge in [0, 0.05) is 19.4 Å². The van der Waals surface area contributed by atoms with E-state index in [4.69, 9.17) is 0 Å². The van der Waals surface area contributed by atoms with Crippen LogP contribution in [0, 0.1) is 0 Å². The summed E-state index contributed by atoms with van der Waals surface area (Å²) in [6, 6.07) is 12.3. The summed E-state index contributed by atoms with van der Waals surface area (Å²) in [6.07, 6.45) is 1.50. The lowest BCUT2D eigenvalue weighted by atomic mass is 10.0. The van der Waals surface area contributed by atoms with Gasteiger partial charge < -0.3 is 10.2 Å². The first-order valence-corrected chi connectivity index (χ1v) is 9.48. The second-order valence-corrected chi connectivity index (χ2v) is 7.23.